The first-order chi connectivity index (χ1) is 8.22. The van der Waals surface area contributed by atoms with Gasteiger partial charge in [-0.25, -0.2) is 4.98 Å². The minimum Gasteiger partial charge on any atom is -0.338 e. The molecule has 5 nitrogen and oxygen atoms in total. The van der Waals surface area contributed by atoms with Crippen LogP contribution in [-0.4, -0.2) is 39.5 Å². The first-order valence-electron chi connectivity index (χ1n) is 6.19. The van der Waals surface area contributed by atoms with E-state index in [0.29, 0.717) is 19.0 Å². The van der Waals surface area contributed by atoms with Gasteiger partial charge in [0.2, 0.25) is 5.91 Å². The normalized spacial score (nSPS) is 19.9. The Morgan fingerprint density at radius 1 is 1.65 bits per heavy atom. The maximum Gasteiger partial charge on any atom is 0.224 e. The molecule has 1 aromatic heterocycles. The number of aryl methyl sites for hydroxylation is 1. The molecule has 1 aliphatic heterocycles. The van der Waals surface area contributed by atoms with Gasteiger partial charge in [0.15, 0.2) is 0 Å². The highest BCUT2D eigenvalue weighted by molar-refractivity contribution is 5.77. The Morgan fingerprint density at radius 2 is 2.47 bits per heavy atom. The average Bonchev–Trinajstić information content (AvgIpc) is 2.90. The number of carbonyl (C=O) groups excluding carboxylic acids is 1. The summed E-state index contributed by atoms with van der Waals surface area (Å²) in [4.78, 5) is 18.1. The largest absolute Gasteiger partial charge is 0.338 e. The molecule has 2 heterocycles. The zero-order valence-electron chi connectivity index (χ0n) is 10.3. The van der Waals surface area contributed by atoms with Gasteiger partial charge in [0.05, 0.1) is 0 Å². The summed E-state index contributed by atoms with van der Waals surface area (Å²) in [5.41, 5.74) is 5.44. The molecular formula is C12H20N4O. The second-order valence-corrected chi connectivity index (χ2v) is 4.55. The van der Waals surface area contributed by atoms with E-state index in [-0.39, 0.29) is 5.91 Å². The number of carbonyl (C=O) groups is 1. The molecule has 17 heavy (non-hydrogen) atoms. The molecule has 0 aliphatic carbocycles. The molecule has 0 spiro atoms. The van der Waals surface area contributed by atoms with Crippen molar-refractivity contribution < 1.29 is 4.79 Å². The molecule has 94 valence electrons. The average molecular weight is 236 g/mol. The van der Waals surface area contributed by atoms with Crippen LogP contribution in [0, 0.1) is 6.92 Å². The fourth-order valence-corrected chi connectivity index (χ4v) is 2.44. The van der Waals surface area contributed by atoms with Crippen LogP contribution in [0.1, 0.15) is 25.1 Å². The Bertz CT molecular complexity index is 388. The van der Waals surface area contributed by atoms with Gasteiger partial charge in [0, 0.05) is 44.5 Å². The lowest BCUT2D eigenvalue weighted by Crippen LogP contribution is -2.38. The van der Waals surface area contributed by atoms with Gasteiger partial charge in [-0.1, -0.05) is 0 Å². The molecule has 0 bridgehead atoms. The second-order valence-electron chi connectivity index (χ2n) is 4.55. The Balaban J connectivity index is 2.00. The number of hydrogen-bond acceptors (Lipinski definition) is 3. The molecule has 0 aromatic carbocycles. The highest BCUT2D eigenvalue weighted by Crippen LogP contribution is 2.20. The molecule has 1 unspecified atom stereocenters. The predicted octanol–water partition coefficient (Wildman–Crippen LogP) is 0.531. The van der Waals surface area contributed by atoms with Gasteiger partial charge < -0.3 is 15.2 Å². The standard InChI is InChI=1S/C12H20N4O/c1-10-14-6-8-15(10)9-11-3-2-7-16(11)12(17)4-5-13/h6,8,11H,2-5,7,9,13H2,1H3. The molecule has 2 rings (SSSR count). The zero-order valence-corrected chi connectivity index (χ0v) is 10.3. The van der Waals surface area contributed by atoms with Crippen LogP contribution in [-0.2, 0) is 11.3 Å². The summed E-state index contributed by atoms with van der Waals surface area (Å²) in [7, 11) is 0. The summed E-state index contributed by atoms with van der Waals surface area (Å²) >= 11 is 0. The van der Waals surface area contributed by atoms with E-state index in [1.165, 1.54) is 0 Å². The van der Waals surface area contributed by atoms with E-state index in [0.717, 1.165) is 31.8 Å². The number of aromatic nitrogens is 2. The van der Waals surface area contributed by atoms with Crippen LogP contribution in [0.5, 0.6) is 0 Å². The number of hydrogen-bond donors (Lipinski definition) is 1. The summed E-state index contributed by atoms with van der Waals surface area (Å²) in [6.07, 6.45) is 6.40. The lowest BCUT2D eigenvalue weighted by molar-refractivity contribution is -0.132. The van der Waals surface area contributed by atoms with Crippen molar-refractivity contribution in [3.63, 3.8) is 0 Å². The summed E-state index contributed by atoms with van der Waals surface area (Å²) in [6, 6.07) is 0.307. The number of imidazole rings is 1. The highest BCUT2D eigenvalue weighted by Gasteiger charge is 2.28. The van der Waals surface area contributed by atoms with E-state index in [9.17, 15) is 4.79 Å². The number of likely N-dealkylation sites (tertiary alicyclic amines) is 1. The maximum atomic E-state index is 11.9. The van der Waals surface area contributed by atoms with Crippen molar-refractivity contribution in [3.05, 3.63) is 18.2 Å². The Kier molecular flexibility index (Phi) is 3.78. The molecule has 1 fully saturated rings. The maximum absolute atomic E-state index is 11.9. The monoisotopic (exact) mass is 236 g/mol. The Morgan fingerprint density at radius 3 is 3.12 bits per heavy atom. The lowest BCUT2D eigenvalue weighted by Gasteiger charge is -2.25. The molecular weight excluding hydrogens is 216 g/mol. The molecule has 1 amide bonds. The van der Waals surface area contributed by atoms with Gasteiger partial charge in [-0.15, -0.1) is 0 Å². The summed E-state index contributed by atoms with van der Waals surface area (Å²) in [5.74, 6) is 1.19. The van der Waals surface area contributed by atoms with Crippen molar-refractivity contribution in [1.82, 2.24) is 14.5 Å². The third kappa shape index (κ3) is 2.66. The highest BCUT2D eigenvalue weighted by atomic mass is 16.2. The van der Waals surface area contributed by atoms with Gasteiger partial charge in [0.1, 0.15) is 5.82 Å². The first-order valence-corrected chi connectivity index (χ1v) is 6.19. The van der Waals surface area contributed by atoms with Gasteiger partial charge in [-0.2, -0.15) is 0 Å². The number of rotatable bonds is 4. The fourth-order valence-electron chi connectivity index (χ4n) is 2.44. The summed E-state index contributed by atoms with van der Waals surface area (Å²) in [6.45, 7) is 4.15. The van der Waals surface area contributed by atoms with E-state index in [1.807, 2.05) is 18.0 Å². The van der Waals surface area contributed by atoms with Crippen LogP contribution in [0.15, 0.2) is 12.4 Å². The smallest absolute Gasteiger partial charge is 0.224 e. The van der Waals surface area contributed by atoms with Gasteiger partial charge >= 0.3 is 0 Å². The van der Waals surface area contributed by atoms with Gasteiger partial charge in [0.25, 0.3) is 0 Å². The molecule has 0 radical (unpaired) electrons. The molecule has 1 saturated heterocycles. The fraction of sp³-hybridized carbons (Fsp3) is 0.667. The van der Waals surface area contributed by atoms with Gasteiger partial charge in [-0.05, 0) is 19.8 Å². The Labute approximate surface area is 102 Å². The van der Waals surface area contributed by atoms with E-state index < -0.39 is 0 Å². The van der Waals surface area contributed by atoms with Gasteiger partial charge in [-0.3, -0.25) is 4.79 Å². The third-order valence-electron chi connectivity index (χ3n) is 3.39. The lowest BCUT2D eigenvalue weighted by atomic mass is 10.2. The van der Waals surface area contributed by atoms with Crippen molar-refractivity contribution in [3.8, 4) is 0 Å². The molecule has 1 aliphatic rings. The number of nitrogens with two attached hydrogens (primary N) is 1. The van der Waals surface area contributed by atoms with Crippen LogP contribution in [0.4, 0.5) is 0 Å². The third-order valence-corrected chi connectivity index (χ3v) is 3.39. The van der Waals surface area contributed by atoms with Crippen molar-refractivity contribution >= 4 is 5.91 Å². The topological polar surface area (TPSA) is 64.2 Å². The first kappa shape index (κ1) is 12.1. The van der Waals surface area contributed by atoms with Crippen molar-refractivity contribution in [2.45, 2.75) is 38.8 Å². The number of nitrogens with zero attached hydrogens (tertiary/aromatic N) is 3. The van der Waals surface area contributed by atoms with E-state index in [1.54, 1.807) is 6.20 Å². The van der Waals surface area contributed by atoms with Crippen molar-refractivity contribution in [1.29, 1.82) is 0 Å². The predicted molar refractivity (Wildman–Crippen MR) is 65.4 cm³/mol. The van der Waals surface area contributed by atoms with Crippen LogP contribution in [0.2, 0.25) is 0 Å². The summed E-state index contributed by atoms with van der Waals surface area (Å²) in [5, 5.41) is 0. The summed E-state index contributed by atoms with van der Waals surface area (Å²) < 4.78 is 2.11. The van der Waals surface area contributed by atoms with E-state index in [4.69, 9.17) is 5.73 Å². The van der Waals surface area contributed by atoms with E-state index in [2.05, 4.69) is 9.55 Å². The molecule has 1 aromatic rings. The zero-order chi connectivity index (χ0) is 12.3. The van der Waals surface area contributed by atoms with Crippen molar-refractivity contribution in [2.24, 2.45) is 5.73 Å². The van der Waals surface area contributed by atoms with E-state index >= 15 is 0 Å². The number of amides is 1. The SMILES string of the molecule is Cc1nccn1CC1CCCN1C(=O)CCN. The van der Waals surface area contributed by atoms with Crippen LogP contribution in [0.25, 0.3) is 0 Å². The quantitative estimate of drug-likeness (QED) is 0.829. The second kappa shape index (κ2) is 5.31. The van der Waals surface area contributed by atoms with Crippen LogP contribution in [0.3, 0.4) is 0 Å². The molecule has 1 atom stereocenters. The molecule has 5 heteroatoms. The van der Waals surface area contributed by atoms with Crippen LogP contribution >= 0.6 is 0 Å². The molecule has 2 N–H and O–H groups in total. The minimum absolute atomic E-state index is 0.188. The van der Waals surface area contributed by atoms with Crippen LogP contribution < -0.4 is 5.73 Å². The van der Waals surface area contributed by atoms with Crippen molar-refractivity contribution in [2.75, 3.05) is 13.1 Å². The minimum atomic E-state index is 0.188. The molecule has 0 saturated carbocycles. The Hall–Kier alpha value is -1.36.